The fraction of sp³-hybridized carbons (Fsp3) is 0.286. The van der Waals surface area contributed by atoms with E-state index in [9.17, 15) is 22.4 Å². The van der Waals surface area contributed by atoms with Crippen molar-refractivity contribution in [2.75, 3.05) is 13.1 Å². The number of halogens is 4. The number of carbonyl (C=O) groups is 1. The Morgan fingerprint density at radius 1 is 1.16 bits per heavy atom. The minimum Gasteiger partial charge on any atom is -0.339 e. The molecule has 31 heavy (non-hydrogen) atoms. The van der Waals surface area contributed by atoms with Crippen molar-refractivity contribution in [2.45, 2.75) is 29.2 Å². The molecule has 162 valence electrons. The van der Waals surface area contributed by atoms with Crippen LogP contribution < -0.4 is 0 Å². The Bertz CT molecular complexity index is 1070. The highest BCUT2D eigenvalue weighted by Crippen LogP contribution is 2.37. The molecule has 1 amide bonds. The van der Waals surface area contributed by atoms with Crippen LogP contribution in [0.4, 0.5) is 17.6 Å². The summed E-state index contributed by atoms with van der Waals surface area (Å²) in [5, 5.41) is 3.92. The number of rotatable bonds is 4. The van der Waals surface area contributed by atoms with E-state index >= 15 is 0 Å². The molecule has 0 N–H and O–H groups in total. The van der Waals surface area contributed by atoms with Gasteiger partial charge in [0.15, 0.2) is 0 Å². The van der Waals surface area contributed by atoms with Gasteiger partial charge in [0.2, 0.25) is 11.7 Å². The molecule has 1 fully saturated rings. The van der Waals surface area contributed by atoms with Crippen molar-refractivity contribution < 1.29 is 26.9 Å². The van der Waals surface area contributed by atoms with Gasteiger partial charge in [-0.2, -0.15) is 18.2 Å². The highest BCUT2D eigenvalue weighted by atomic mass is 32.2. The van der Waals surface area contributed by atoms with Crippen molar-refractivity contribution in [3.05, 3.63) is 65.8 Å². The first kappa shape index (κ1) is 21.4. The Morgan fingerprint density at radius 3 is 2.65 bits per heavy atom. The number of amides is 1. The molecule has 5 nitrogen and oxygen atoms in total. The quantitative estimate of drug-likeness (QED) is 0.387. The van der Waals surface area contributed by atoms with Crippen LogP contribution in [0.3, 0.4) is 0 Å². The summed E-state index contributed by atoms with van der Waals surface area (Å²) in [6, 6.07) is 11.2. The van der Waals surface area contributed by atoms with Crippen molar-refractivity contribution in [1.82, 2.24) is 15.0 Å². The summed E-state index contributed by atoms with van der Waals surface area (Å²) in [7, 11) is 0. The topological polar surface area (TPSA) is 59.2 Å². The SMILES string of the molecule is O=C(c1ccc(SC(F)(F)F)cc1)N1CCCC(c2nc(-c3cccc(F)c3)no2)C1. The van der Waals surface area contributed by atoms with Crippen LogP contribution in [0.25, 0.3) is 11.4 Å². The number of hydrogen-bond donors (Lipinski definition) is 0. The van der Waals surface area contributed by atoms with E-state index in [-0.39, 0.29) is 34.3 Å². The Morgan fingerprint density at radius 2 is 1.94 bits per heavy atom. The predicted octanol–water partition coefficient (Wildman–Crippen LogP) is 5.51. The van der Waals surface area contributed by atoms with Crippen LogP contribution in [0.15, 0.2) is 57.9 Å². The van der Waals surface area contributed by atoms with Gasteiger partial charge in [-0.15, -0.1) is 0 Å². The smallest absolute Gasteiger partial charge is 0.339 e. The lowest BCUT2D eigenvalue weighted by Gasteiger charge is -2.31. The number of hydrogen-bond acceptors (Lipinski definition) is 5. The van der Waals surface area contributed by atoms with Crippen molar-refractivity contribution in [1.29, 1.82) is 0 Å². The number of benzene rings is 2. The van der Waals surface area contributed by atoms with Crippen LogP contribution in [-0.4, -0.2) is 39.5 Å². The summed E-state index contributed by atoms with van der Waals surface area (Å²) >= 11 is -0.220. The number of thioether (sulfide) groups is 1. The lowest BCUT2D eigenvalue weighted by Crippen LogP contribution is -2.39. The first-order chi connectivity index (χ1) is 14.8. The van der Waals surface area contributed by atoms with E-state index in [1.807, 2.05) is 0 Å². The fourth-order valence-corrected chi connectivity index (χ4v) is 4.03. The monoisotopic (exact) mass is 451 g/mol. The third-order valence-corrected chi connectivity index (χ3v) is 5.66. The van der Waals surface area contributed by atoms with Crippen LogP contribution >= 0.6 is 11.8 Å². The number of alkyl halides is 3. The van der Waals surface area contributed by atoms with Gasteiger partial charge >= 0.3 is 5.51 Å². The summed E-state index contributed by atoms with van der Waals surface area (Å²) < 4.78 is 56.2. The lowest BCUT2D eigenvalue weighted by molar-refractivity contribution is -0.0328. The molecule has 0 saturated carbocycles. The zero-order valence-corrected chi connectivity index (χ0v) is 16.9. The molecule has 0 bridgehead atoms. The molecule has 1 atom stereocenters. The van der Waals surface area contributed by atoms with Crippen molar-refractivity contribution in [3.8, 4) is 11.4 Å². The van der Waals surface area contributed by atoms with Gasteiger partial charge in [-0.3, -0.25) is 4.79 Å². The van der Waals surface area contributed by atoms with Gasteiger partial charge in [0.25, 0.3) is 5.91 Å². The maximum atomic E-state index is 13.4. The summed E-state index contributed by atoms with van der Waals surface area (Å²) in [5.74, 6) is -0.201. The number of piperidine rings is 1. The van der Waals surface area contributed by atoms with Gasteiger partial charge in [0.1, 0.15) is 5.82 Å². The molecule has 0 aliphatic carbocycles. The number of aromatic nitrogens is 2. The standard InChI is InChI=1S/C21H17F4N3O2S/c22-16-5-1-3-14(11-16)18-26-19(30-27-18)15-4-2-10-28(12-15)20(29)13-6-8-17(9-7-13)31-21(23,24)25/h1,3,5-9,11,15H,2,4,10,12H2. The second-order valence-corrected chi connectivity index (χ2v) is 8.27. The van der Waals surface area contributed by atoms with E-state index in [0.29, 0.717) is 30.1 Å². The average molecular weight is 451 g/mol. The molecule has 1 aliphatic rings. The molecule has 2 heterocycles. The first-order valence-electron chi connectivity index (χ1n) is 9.53. The maximum absolute atomic E-state index is 13.4. The molecule has 1 saturated heterocycles. The zero-order valence-electron chi connectivity index (χ0n) is 16.1. The molecule has 2 aromatic carbocycles. The van der Waals surface area contributed by atoms with E-state index in [2.05, 4.69) is 10.1 Å². The maximum Gasteiger partial charge on any atom is 0.446 e. The van der Waals surface area contributed by atoms with Crippen molar-refractivity contribution >= 4 is 17.7 Å². The molecule has 0 radical (unpaired) electrons. The van der Waals surface area contributed by atoms with Crippen molar-refractivity contribution in [2.24, 2.45) is 0 Å². The Kier molecular flexibility index (Phi) is 5.99. The molecule has 10 heteroatoms. The van der Waals surface area contributed by atoms with Crippen LogP contribution in [0.2, 0.25) is 0 Å². The Labute approximate surface area is 179 Å². The molecule has 1 aromatic heterocycles. The van der Waals surface area contributed by atoms with Crippen LogP contribution in [-0.2, 0) is 0 Å². The van der Waals surface area contributed by atoms with E-state index < -0.39 is 11.3 Å². The Balaban J connectivity index is 1.44. The summed E-state index contributed by atoms with van der Waals surface area (Å²) in [4.78, 5) is 18.8. The van der Waals surface area contributed by atoms with Crippen molar-refractivity contribution in [3.63, 3.8) is 0 Å². The number of nitrogens with zero attached hydrogens (tertiary/aromatic N) is 3. The Hall–Kier alpha value is -2.88. The normalized spacial score (nSPS) is 17.0. The molecular formula is C21H17F4N3O2S. The highest BCUT2D eigenvalue weighted by molar-refractivity contribution is 8.00. The van der Waals surface area contributed by atoms with Gasteiger partial charge in [-0.25, -0.2) is 4.39 Å². The molecular weight excluding hydrogens is 434 g/mol. The van der Waals surface area contributed by atoms with Gasteiger partial charge in [-0.05, 0) is 61.0 Å². The predicted molar refractivity (Wildman–Crippen MR) is 106 cm³/mol. The van der Waals surface area contributed by atoms with Gasteiger partial charge in [0.05, 0.1) is 5.92 Å². The van der Waals surface area contributed by atoms with Crippen LogP contribution in [0.1, 0.15) is 35.0 Å². The minimum atomic E-state index is -4.37. The van der Waals surface area contributed by atoms with E-state index in [4.69, 9.17) is 4.52 Å². The summed E-state index contributed by atoms with van der Waals surface area (Å²) in [6.07, 6.45) is 1.46. The summed E-state index contributed by atoms with van der Waals surface area (Å²) in [5.41, 5.74) is -3.56. The van der Waals surface area contributed by atoms with Crippen LogP contribution in [0.5, 0.6) is 0 Å². The van der Waals surface area contributed by atoms with Gasteiger partial charge in [-0.1, -0.05) is 17.3 Å². The largest absolute Gasteiger partial charge is 0.446 e. The first-order valence-corrected chi connectivity index (χ1v) is 10.3. The number of carbonyl (C=O) groups excluding carboxylic acids is 1. The third-order valence-electron chi connectivity index (χ3n) is 4.92. The van der Waals surface area contributed by atoms with E-state index in [0.717, 1.165) is 12.8 Å². The number of likely N-dealkylation sites (tertiary alicyclic amines) is 1. The summed E-state index contributed by atoms with van der Waals surface area (Å²) in [6.45, 7) is 0.877. The lowest BCUT2D eigenvalue weighted by atomic mass is 9.97. The molecule has 1 aliphatic heterocycles. The molecule has 4 rings (SSSR count). The van der Waals surface area contributed by atoms with Gasteiger partial charge in [0, 0.05) is 29.1 Å². The van der Waals surface area contributed by atoms with E-state index in [1.165, 1.54) is 36.4 Å². The molecule has 1 unspecified atom stereocenters. The average Bonchev–Trinajstić information content (AvgIpc) is 3.23. The second kappa shape index (κ2) is 8.70. The van der Waals surface area contributed by atoms with Gasteiger partial charge < -0.3 is 9.42 Å². The van der Waals surface area contributed by atoms with E-state index in [1.54, 1.807) is 17.0 Å². The van der Waals surface area contributed by atoms with Crippen LogP contribution in [0, 0.1) is 5.82 Å². The molecule has 0 spiro atoms. The highest BCUT2D eigenvalue weighted by Gasteiger charge is 2.31. The fourth-order valence-electron chi connectivity index (χ4n) is 3.49. The second-order valence-electron chi connectivity index (χ2n) is 7.13. The molecule has 3 aromatic rings. The minimum absolute atomic E-state index is 0.0244. The zero-order chi connectivity index (χ0) is 22.0. The third kappa shape index (κ3) is 5.25.